The number of carbonyl (C=O) groups excluding carboxylic acids is 1. The molecular formula is C19H20N2O3. The third-order valence-electron chi connectivity index (χ3n) is 3.29. The van der Waals surface area contributed by atoms with Gasteiger partial charge in [-0.2, -0.15) is 0 Å². The van der Waals surface area contributed by atoms with Crippen LogP contribution in [-0.4, -0.2) is 23.5 Å². The molecule has 0 saturated carbocycles. The zero-order chi connectivity index (χ0) is 17.4. The Morgan fingerprint density at radius 3 is 2.25 bits per heavy atom. The highest BCUT2D eigenvalue weighted by Crippen LogP contribution is 2.17. The Morgan fingerprint density at radius 1 is 1.08 bits per heavy atom. The second-order valence-corrected chi connectivity index (χ2v) is 5.00. The fourth-order valence-corrected chi connectivity index (χ4v) is 2.11. The van der Waals surface area contributed by atoms with E-state index < -0.39 is 5.97 Å². The van der Waals surface area contributed by atoms with Crippen molar-refractivity contribution in [2.45, 2.75) is 13.5 Å². The van der Waals surface area contributed by atoms with Crippen LogP contribution in [0.15, 0.2) is 71.2 Å². The van der Waals surface area contributed by atoms with Crippen molar-refractivity contribution in [3.63, 3.8) is 0 Å². The van der Waals surface area contributed by atoms with Gasteiger partial charge in [-0.05, 0) is 12.5 Å². The van der Waals surface area contributed by atoms with Gasteiger partial charge in [-0.3, -0.25) is 4.99 Å². The molecule has 0 heterocycles. The summed E-state index contributed by atoms with van der Waals surface area (Å²) in [5, 5.41) is 10.5. The van der Waals surface area contributed by atoms with Crippen LogP contribution in [0.3, 0.4) is 0 Å². The molecule has 5 nitrogen and oxygen atoms in total. The van der Waals surface area contributed by atoms with Crippen LogP contribution >= 0.6 is 0 Å². The second-order valence-electron chi connectivity index (χ2n) is 5.00. The summed E-state index contributed by atoms with van der Waals surface area (Å²) in [4.78, 5) is 16.4. The van der Waals surface area contributed by atoms with Crippen LogP contribution in [0.5, 0.6) is 0 Å². The van der Waals surface area contributed by atoms with Gasteiger partial charge >= 0.3 is 5.97 Å². The number of carbonyl (C=O) groups is 1. The Hall–Kier alpha value is -3.08. The molecule has 2 aromatic carbocycles. The van der Waals surface area contributed by atoms with Crippen LogP contribution in [0, 0.1) is 0 Å². The summed E-state index contributed by atoms with van der Waals surface area (Å²) in [5.74, 6) is -1.00. The zero-order valence-corrected chi connectivity index (χ0v) is 13.5. The number of aliphatic hydroxyl groups excluding tert-OH is 1. The molecule has 0 fully saturated rings. The van der Waals surface area contributed by atoms with Crippen molar-refractivity contribution in [2.24, 2.45) is 10.7 Å². The minimum Gasteiger partial charge on any atom is -0.506 e. The van der Waals surface area contributed by atoms with Gasteiger partial charge in [-0.25, -0.2) is 4.79 Å². The number of amidine groups is 1. The molecule has 0 unspecified atom stereocenters. The van der Waals surface area contributed by atoms with Gasteiger partial charge in [0.1, 0.15) is 17.2 Å². The molecule has 2 aromatic rings. The molecule has 0 aliphatic carbocycles. The van der Waals surface area contributed by atoms with E-state index in [1.54, 1.807) is 31.2 Å². The molecule has 124 valence electrons. The summed E-state index contributed by atoms with van der Waals surface area (Å²) < 4.78 is 5.00. The van der Waals surface area contributed by atoms with Crippen molar-refractivity contribution < 1.29 is 14.6 Å². The fourth-order valence-electron chi connectivity index (χ4n) is 2.11. The van der Waals surface area contributed by atoms with Crippen LogP contribution in [0.2, 0.25) is 0 Å². The summed E-state index contributed by atoms with van der Waals surface area (Å²) in [5.41, 5.74) is 7.26. The van der Waals surface area contributed by atoms with Gasteiger partial charge in [0.05, 0.1) is 13.2 Å². The Bertz CT molecular complexity index is 738. The molecule has 0 amide bonds. The minimum atomic E-state index is -0.701. The lowest BCUT2D eigenvalue weighted by Gasteiger charge is -2.10. The second kappa shape index (κ2) is 8.53. The fraction of sp³-hybridized carbons (Fsp3) is 0.158. The number of hydrogen-bond donors (Lipinski definition) is 2. The number of benzene rings is 2. The largest absolute Gasteiger partial charge is 0.506 e. The highest BCUT2D eigenvalue weighted by molar-refractivity contribution is 6.22. The van der Waals surface area contributed by atoms with Gasteiger partial charge < -0.3 is 15.6 Å². The van der Waals surface area contributed by atoms with Gasteiger partial charge in [-0.15, -0.1) is 0 Å². The van der Waals surface area contributed by atoms with Crippen molar-refractivity contribution in [3.8, 4) is 0 Å². The number of rotatable bonds is 6. The lowest BCUT2D eigenvalue weighted by atomic mass is 10.1. The van der Waals surface area contributed by atoms with Crippen molar-refractivity contribution in [1.29, 1.82) is 0 Å². The van der Waals surface area contributed by atoms with Crippen molar-refractivity contribution in [3.05, 3.63) is 77.4 Å². The van der Waals surface area contributed by atoms with E-state index in [2.05, 4.69) is 4.99 Å². The van der Waals surface area contributed by atoms with E-state index in [-0.39, 0.29) is 23.8 Å². The summed E-state index contributed by atoms with van der Waals surface area (Å²) in [7, 11) is 0. The minimum absolute atomic E-state index is 0.0568. The number of nitrogens with zero attached hydrogens (tertiary/aromatic N) is 1. The van der Waals surface area contributed by atoms with Gasteiger partial charge in [-0.1, -0.05) is 60.7 Å². The van der Waals surface area contributed by atoms with Crippen LogP contribution in [0.1, 0.15) is 18.1 Å². The predicted octanol–water partition coefficient (Wildman–Crippen LogP) is 3.08. The quantitative estimate of drug-likeness (QED) is 0.281. The molecule has 0 spiro atoms. The summed E-state index contributed by atoms with van der Waals surface area (Å²) >= 11 is 0. The molecular weight excluding hydrogens is 304 g/mol. The Morgan fingerprint density at radius 2 is 1.67 bits per heavy atom. The lowest BCUT2D eigenvalue weighted by Crippen LogP contribution is -2.25. The van der Waals surface area contributed by atoms with E-state index in [1.807, 2.05) is 36.4 Å². The first-order chi connectivity index (χ1) is 11.6. The highest BCUT2D eigenvalue weighted by atomic mass is 16.5. The van der Waals surface area contributed by atoms with Crippen LogP contribution in [0.4, 0.5) is 0 Å². The molecule has 3 N–H and O–H groups in total. The molecule has 0 atom stereocenters. The maximum Gasteiger partial charge on any atom is 0.345 e. The topological polar surface area (TPSA) is 84.9 Å². The predicted molar refractivity (Wildman–Crippen MR) is 94.4 cm³/mol. The number of ether oxygens (including phenoxy) is 1. The summed E-state index contributed by atoms with van der Waals surface area (Å²) in [6.45, 7) is 2.17. The van der Waals surface area contributed by atoms with E-state index in [9.17, 15) is 9.90 Å². The number of nitrogens with two attached hydrogens (primary N) is 1. The van der Waals surface area contributed by atoms with Crippen LogP contribution in [-0.2, 0) is 16.1 Å². The van der Waals surface area contributed by atoms with E-state index >= 15 is 0 Å². The van der Waals surface area contributed by atoms with E-state index in [0.717, 1.165) is 5.56 Å². The number of aliphatic hydroxyl groups is 1. The molecule has 0 aliphatic heterocycles. The van der Waals surface area contributed by atoms with Crippen molar-refractivity contribution >= 4 is 17.6 Å². The molecule has 24 heavy (non-hydrogen) atoms. The molecule has 5 heteroatoms. The van der Waals surface area contributed by atoms with Crippen molar-refractivity contribution in [1.82, 2.24) is 0 Å². The first kappa shape index (κ1) is 17.3. The number of hydrogen-bond acceptors (Lipinski definition) is 4. The SMILES string of the molecule is CCOC(=O)/C(C(N)=NCc1ccccc1)=C(\O)c1ccccc1. The van der Waals surface area contributed by atoms with Gasteiger partial charge in [0, 0.05) is 5.56 Å². The molecule has 2 rings (SSSR count). The van der Waals surface area contributed by atoms with E-state index in [4.69, 9.17) is 10.5 Å². The normalized spacial score (nSPS) is 12.5. The number of esters is 1. The Labute approximate surface area is 141 Å². The maximum atomic E-state index is 12.2. The molecule has 0 saturated heterocycles. The monoisotopic (exact) mass is 324 g/mol. The molecule has 0 aromatic heterocycles. The van der Waals surface area contributed by atoms with Crippen LogP contribution in [0.25, 0.3) is 5.76 Å². The smallest absolute Gasteiger partial charge is 0.345 e. The third-order valence-corrected chi connectivity index (χ3v) is 3.29. The zero-order valence-electron chi connectivity index (χ0n) is 13.5. The number of aliphatic imine (C=N–C) groups is 1. The maximum absolute atomic E-state index is 12.2. The van der Waals surface area contributed by atoms with Gasteiger partial charge in [0.15, 0.2) is 0 Å². The van der Waals surface area contributed by atoms with Gasteiger partial charge in [0.2, 0.25) is 0 Å². The van der Waals surface area contributed by atoms with Crippen molar-refractivity contribution in [2.75, 3.05) is 6.61 Å². The van der Waals surface area contributed by atoms with E-state index in [1.165, 1.54) is 0 Å². The van der Waals surface area contributed by atoms with Crippen LogP contribution < -0.4 is 5.73 Å². The molecule has 0 aliphatic rings. The third kappa shape index (κ3) is 4.46. The van der Waals surface area contributed by atoms with Gasteiger partial charge in [0.25, 0.3) is 0 Å². The molecule has 0 bridgehead atoms. The average molecular weight is 324 g/mol. The standard InChI is InChI=1S/C19H20N2O3/c1-2-24-19(23)16(17(22)15-11-7-4-8-12-15)18(20)21-13-14-9-5-3-6-10-14/h3-12,22H,2,13H2,1H3,(H2,20,21)/b17-16-. The Kier molecular flexibility index (Phi) is 6.14. The first-order valence-corrected chi connectivity index (χ1v) is 7.63. The highest BCUT2D eigenvalue weighted by Gasteiger charge is 2.21. The average Bonchev–Trinajstić information content (AvgIpc) is 2.62. The molecule has 0 radical (unpaired) electrons. The first-order valence-electron chi connectivity index (χ1n) is 7.63. The summed E-state index contributed by atoms with van der Waals surface area (Å²) in [6.07, 6.45) is 0. The van der Waals surface area contributed by atoms with E-state index in [0.29, 0.717) is 12.1 Å². The Balaban J connectivity index is 2.37. The lowest BCUT2D eigenvalue weighted by molar-refractivity contribution is -0.137. The summed E-state index contributed by atoms with van der Waals surface area (Å²) in [6, 6.07) is 18.2.